The van der Waals surface area contributed by atoms with Gasteiger partial charge in [-0.15, -0.1) is 0 Å². The quantitative estimate of drug-likeness (QED) is 0.403. The minimum absolute atomic E-state index is 0.340. The number of amides is 1. The molecule has 1 heterocycles. The molecule has 0 radical (unpaired) electrons. The van der Waals surface area contributed by atoms with E-state index in [0.29, 0.717) is 33.5 Å². The zero-order chi connectivity index (χ0) is 21.1. The fraction of sp³-hybridized carbons (Fsp3) is 0.0417. The molecule has 1 aromatic heterocycles. The van der Waals surface area contributed by atoms with E-state index in [1.807, 2.05) is 12.1 Å². The van der Waals surface area contributed by atoms with Crippen molar-refractivity contribution in [1.82, 2.24) is 0 Å². The summed E-state index contributed by atoms with van der Waals surface area (Å²) in [5.74, 6) is -0.789. The molecule has 0 aliphatic rings. The maximum atomic E-state index is 12.7. The lowest BCUT2D eigenvalue weighted by atomic mass is 10.0. The molecule has 30 heavy (non-hydrogen) atoms. The molecule has 0 aliphatic carbocycles. The van der Waals surface area contributed by atoms with Gasteiger partial charge in [0.15, 0.2) is 0 Å². The van der Waals surface area contributed by atoms with Crippen LogP contribution in [-0.2, 0) is 4.74 Å². The number of nitrogens with one attached hydrogen (secondary N) is 1. The van der Waals surface area contributed by atoms with Crippen LogP contribution in [0.25, 0.3) is 22.1 Å². The van der Waals surface area contributed by atoms with Crippen LogP contribution in [0.1, 0.15) is 20.7 Å². The second kappa shape index (κ2) is 8.05. The SMILES string of the molecule is COC(=O)c1ccc(NC(=O)c2cccc(-c3cc4ccccc4oc3=O)c2)cc1. The highest BCUT2D eigenvalue weighted by Gasteiger charge is 2.12. The standard InChI is InChI=1S/C24H17NO5/c1-29-23(27)15-9-11-19(12-10-15)25-22(26)18-7-4-6-16(13-18)20-14-17-5-2-3-8-21(17)30-24(20)28/h2-14H,1H3,(H,25,26). The number of hydrogen-bond acceptors (Lipinski definition) is 5. The Morgan fingerprint density at radius 3 is 2.40 bits per heavy atom. The first kappa shape index (κ1) is 19.1. The molecule has 0 unspecified atom stereocenters. The number of rotatable bonds is 4. The normalized spacial score (nSPS) is 10.6. The van der Waals surface area contributed by atoms with Crippen LogP contribution >= 0.6 is 0 Å². The van der Waals surface area contributed by atoms with Crippen molar-refractivity contribution >= 4 is 28.5 Å². The molecule has 4 aromatic rings. The lowest BCUT2D eigenvalue weighted by molar-refractivity contribution is 0.0600. The van der Waals surface area contributed by atoms with Gasteiger partial charge in [0.1, 0.15) is 5.58 Å². The van der Waals surface area contributed by atoms with Crippen LogP contribution in [0.2, 0.25) is 0 Å². The van der Waals surface area contributed by atoms with Crippen LogP contribution in [0.5, 0.6) is 0 Å². The Morgan fingerprint density at radius 2 is 1.63 bits per heavy atom. The summed E-state index contributed by atoms with van der Waals surface area (Å²) in [6.07, 6.45) is 0. The van der Waals surface area contributed by atoms with Gasteiger partial charge in [0.05, 0.1) is 18.2 Å². The van der Waals surface area contributed by atoms with Crippen LogP contribution in [-0.4, -0.2) is 19.0 Å². The Balaban J connectivity index is 1.60. The highest BCUT2D eigenvalue weighted by molar-refractivity contribution is 6.05. The van der Waals surface area contributed by atoms with Gasteiger partial charge in [-0.05, 0) is 54.1 Å². The second-order valence-corrected chi connectivity index (χ2v) is 6.59. The lowest BCUT2D eigenvalue weighted by Crippen LogP contribution is -2.12. The minimum Gasteiger partial charge on any atom is -0.465 e. The van der Waals surface area contributed by atoms with Gasteiger partial charge in [-0.25, -0.2) is 9.59 Å². The third-order valence-electron chi connectivity index (χ3n) is 4.64. The predicted octanol–water partition coefficient (Wildman–Crippen LogP) is 4.50. The molecule has 4 rings (SSSR count). The first-order chi connectivity index (χ1) is 14.5. The predicted molar refractivity (Wildman–Crippen MR) is 114 cm³/mol. The summed E-state index contributed by atoms with van der Waals surface area (Å²) in [6.45, 7) is 0. The highest BCUT2D eigenvalue weighted by Crippen LogP contribution is 2.22. The maximum absolute atomic E-state index is 12.7. The number of esters is 1. The van der Waals surface area contributed by atoms with Gasteiger partial charge in [-0.2, -0.15) is 0 Å². The molecule has 6 heteroatoms. The van der Waals surface area contributed by atoms with Crippen molar-refractivity contribution in [2.24, 2.45) is 0 Å². The van der Waals surface area contributed by atoms with Gasteiger partial charge < -0.3 is 14.5 Å². The van der Waals surface area contributed by atoms with E-state index in [1.165, 1.54) is 7.11 Å². The molecule has 1 N–H and O–H groups in total. The summed E-state index contributed by atoms with van der Waals surface area (Å²) in [6, 6.07) is 22.1. The molecule has 0 saturated carbocycles. The first-order valence-corrected chi connectivity index (χ1v) is 9.18. The van der Waals surface area contributed by atoms with Crippen molar-refractivity contribution in [1.29, 1.82) is 0 Å². The molecule has 148 valence electrons. The summed E-state index contributed by atoms with van der Waals surface area (Å²) in [5.41, 5.74) is 2.31. The van der Waals surface area contributed by atoms with Crippen molar-refractivity contribution in [2.75, 3.05) is 12.4 Å². The number of carbonyl (C=O) groups is 2. The summed E-state index contributed by atoms with van der Waals surface area (Å²) < 4.78 is 10.0. The second-order valence-electron chi connectivity index (χ2n) is 6.59. The zero-order valence-corrected chi connectivity index (χ0v) is 16.0. The molecule has 0 atom stereocenters. The summed E-state index contributed by atoms with van der Waals surface area (Å²) in [7, 11) is 1.31. The largest absolute Gasteiger partial charge is 0.465 e. The topological polar surface area (TPSA) is 85.6 Å². The van der Waals surface area contributed by atoms with Crippen molar-refractivity contribution in [3.05, 3.63) is 100 Å². The Morgan fingerprint density at radius 1 is 0.867 bits per heavy atom. The molecular weight excluding hydrogens is 382 g/mol. The number of anilines is 1. The monoisotopic (exact) mass is 399 g/mol. The summed E-state index contributed by atoms with van der Waals surface area (Å²) in [4.78, 5) is 36.6. The molecule has 0 fully saturated rings. The Bertz CT molecular complexity index is 1310. The van der Waals surface area contributed by atoms with E-state index in [-0.39, 0.29) is 5.91 Å². The van der Waals surface area contributed by atoms with Crippen LogP contribution in [0.4, 0.5) is 5.69 Å². The van der Waals surface area contributed by atoms with E-state index < -0.39 is 11.6 Å². The molecule has 0 bridgehead atoms. The number of methoxy groups -OCH3 is 1. The van der Waals surface area contributed by atoms with E-state index >= 15 is 0 Å². The highest BCUT2D eigenvalue weighted by atomic mass is 16.5. The van der Waals surface area contributed by atoms with Gasteiger partial charge in [0, 0.05) is 16.6 Å². The summed E-state index contributed by atoms with van der Waals surface area (Å²) >= 11 is 0. The molecule has 1 amide bonds. The van der Waals surface area contributed by atoms with Crippen molar-refractivity contribution in [3.63, 3.8) is 0 Å². The van der Waals surface area contributed by atoms with Crippen LogP contribution < -0.4 is 10.9 Å². The van der Waals surface area contributed by atoms with E-state index in [4.69, 9.17) is 4.42 Å². The van der Waals surface area contributed by atoms with Gasteiger partial charge >= 0.3 is 11.6 Å². The average Bonchev–Trinajstić information content (AvgIpc) is 2.78. The molecule has 0 aliphatic heterocycles. The van der Waals surface area contributed by atoms with Crippen molar-refractivity contribution < 1.29 is 18.7 Å². The van der Waals surface area contributed by atoms with Crippen LogP contribution in [0, 0.1) is 0 Å². The third kappa shape index (κ3) is 3.84. The zero-order valence-electron chi connectivity index (χ0n) is 16.0. The number of fused-ring (bicyclic) bond motifs is 1. The van der Waals surface area contributed by atoms with Crippen molar-refractivity contribution in [3.8, 4) is 11.1 Å². The Kier molecular flexibility index (Phi) is 5.13. The number of hydrogen-bond donors (Lipinski definition) is 1. The Hall–Kier alpha value is -4.19. The maximum Gasteiger partial charge on any atom is 0.344 e. The van der Waals surface area contributed by atoms with Gasteiger partial charge in [-0.3, -0.25) is 4.79 Å². The molecule has 0 saturated heterocycles. The number of para-hydroxylation sites is 1. The van der Waals surface area contributed by atoms with E-state index in [1.54, 1.807) is 66.7 Å². The first-order valence-electron chi connectivity index (χ1n) is 9.18. The molecule has 0 spiro atoms. The average molecular weight is 399 g/mol. The molecule has 6 nitrogen and oxygen atoms in total. The number of benzene rings is 3. The van der Waals surface area contributed by atoms with Gasteiger partial charge in [0.25, 0.3) is 5.91 Å². The minimum atomic E-state index is -0.468. The van der Waals surface area contributed by atoms with Gasteiger partial charge in [0.2, 0.25) is 0 Å². The summed E-state index contributed by atoms with van der Waals surface area (Å²) in [5, 5.41) is 3.57. The van der Waals surface area contributed by atoms with Crippen LogP contribution in [0.3, 0.4) is 0 Å². The van der Waals surface area contributed by atoms with Crippen LogP contribution in [0.15, 0.2) is 88.1 Å². The number of carbonyl (C=O) groups excluding carboxylic acids is 2. The Labute approximate surface area is 171 Å². The van der Waals surface area contributed by atoms with Gasteiger partial charge in [-0.1, -0.05) is 30.3 Å². The fourth-order valence-corrected chi connectivity index (χ4v) is 3.10. The lowest BCUT2D eigenvalue weighted by Gasteiger charge is -2.08. The van der Waals surface area contributed by atoms with Crippen molar-refractivity contribution in [2.45, 2.75) is 0 Å². The molecular formula is C24H17NO5. The molecule has 3 aromatic carbocycles. The third-order valence-corrected chi connectivity index (χ3v) is 4.64. The fourth-order valence-electron chi connectivity index (χ4n) is 3.10. The number of ether oxygens (including phenoxy) is 1. The van der Waals surface area contributed by atoms with E-state index in [9.17, 15) is 14.4 Å². The van der Waals surface area contributed by atoms with E-state index in [2.05, 4.69) is 10.1 Å². The van der Waals surface area contributed by atoms with E-state index in [0.717, 1.165) is 5.39 Å². The smallest absolute Gasteiger partial charge is 0.344 e.